The van der Waals surface area contributed by atoms with Crippen LogP contribution in [0.5, 0.6) is 0 Å². The average Bonchev–Trinajstić information content (AvgIpc) is 2.61. The van der Waals surface area contributed by atoms with Gasteiger partial charge in [-0.1, -0.05) is 54.6 Å². The molecule has 3 aromatic rings. The molecule has 1 unspecified atom stereocenters. The van der Waals surface area contributed by atoms with Crippen LogP contribution in [-0.4, -0.2) is 10.9 Å². The molecule has 1 atom stereocenters. The molecule has 0 bridgehead atoms. The Hall–Kier alpha value is -2.94. The van der Waals surface area contributed by atoms with Crippen molar-refractivity contribution in [2.75, 3.05) is 5.32 Å². The first-order valence-corrected chi connectivity index (χ1v) is 7.59. The molecule has 1 amide bonds. The summed E-state index contributed by atoms with van der Waals surface area (Å²) in [6.07, 6.45) is 4.06. The summed E-state index contributed by atoms with van der Waals surface area (Å²) in [6, 6.07) is 19.6. The highest BCUT2D eigenvalue weighted by molar-refractivity contribution is 6.01. The molecule has 0 aliphatic rings. The summed E-state index contributed by atoms with van der Waals surface area (Å²) in [6.45, 7) is 3.81. The van der Waals surface area contributed by atoms with Crippen molar-refractivity contribution in [2.45, 2.75) is 6.42 Å². The van der Waals surface area contributed by atoms with Gasteiger partial charge in [0.15, 0.2) is 0 Å². The molecule has 3 heteroatoms. The Morgan fingerprint density at radius 2 is 1.87 bits per heavy atom. The smallest absolute Gasteiger partial charge is 0.231 e. The standard InChI is InChI=1S/C20H18N2O/c1-2-16(14-15-8-4-3-5-9-15)20(23)22-18-12-6-10-17-11-7-13-21-19(17)18/h2-13,16H,1,14H2,(H,22,23). The molecule has 114 valence electrons. The van der Waals surface area contributed by atoms with Crippen molar-refractivity contribution >= 4 is 22.5 Å². The maximum Gasteiger partial charge on any atom is 0.231 e. The lowest BCUT2D eigenvalue weighted by atomic mass is 9.98. The van der Waals surface area contributed by atoms with E-state index in [1.807, 2.05) is 60.7 Å². The molecule has 0 saturated heterocycles. The predicted octanol–water partition coefficient (Wildman–Crippen LogP) is 4.22. The van der Waals surface area contributed by atoms with Gasteiger partial charge in [-0.3, -0.25) is 9.78 Å². The van der Waals surface area contributed by atoms with Crippen LogP contribution in [-0.2, 0) is 11.2 Å². The molecule has 1 N–H and O–H groups in total. The fourth-order valence-corrected chi connectivity index (χ4v) is 2.58. The number of benzene rings is 2. The van der Waals surface area contributed by atoms with Crippen LogP contribution >= 0.6 is 0 Å². The second-order valence-electron chi connectivity index (χ2n) is 5.40. The summed E-state index contributed by atoms with van der Waals surface area (Å²) in [7, 11) is 0. The highest BCUT2D eigenvalue weighted by Gasteiger charge is 2.16. The van der Waals surface area contributed by atoms with Crippen LogP contribution in [0.4, 0.5) is 5.69 Å². The third-order valence-corrected chi connectivity index (χ3v) is 3.81. The van der Waals surface area contributed by atoms with Gasteiger partial charge < -0.3 is 5.32 Å². The minimum Gasteiger partial charge on any atom is -0.324 e. The number of nitrogens with one attached hydrogen (secondary N) is 1. The number of amides is 1. The Kier molecular flexibility index (Phi) is 4.48. The molecular weight excluding hydrogens is 284 g/mol. The first-order valence-electron chi connectivity index (χ1n) is 7.59. The molecular formula is C20H18N2O. The van der Waals surface area contributed by atoms with Gasteiger partial charge in [0, 0.05) is 11.6 Å². The minimum absolute atomic E-state index is 0.0676. The molecule has 0 fully saturated rings. The topological polar surface area (TPSA) is 42.0 Å². The average molecular weight is 302 g/mol. The van der Waals surface area contributed by atoms with Crippen molar-refractivity contribution in [3.05, 3.63) is 85.1 Å². The van der Waals surface area contributed by atoms with E-state index in [2.05, 4.69) is 16.9 Å². The van der Waals surface area contributed by atoms with Crippen molar-refractivity contribution in [3.63, 3.8) is 0 Å². The van der Waals surface area contributed by atoms with Crippen LogP contribution < -0.4 is 5.32 Å². The second-order valence-corrected chi connectivity index (χ2v) is 5.40. The summed E-state index contributed by atoms with van der Waals surface area (Å²) in [5.74, 6) is -0.349. The number of hydrogen-bond acceptors (Lipinski definition) is 2. The van der Waals surface area contributed by atoms with Crippen LogP contribution in [0, 0.1) is 5.92 Å². The van der Waals surface area contributed by atoms with Crippen molar-refractivity contribution in [1.29, 1.82) is 0 Å². The number of para-hydroxylation sites is 1. The molecule has 1 heterocycles. The van der Waals surface area contributed by atoms with E-state index in [4.69, 9.17) is 0 Å². The van der Waals surface area contributed by atoms with E-state index in [9.17, 15) is 4.79 Å². The Labute approximate surface area is 135 Å². The van der Waals surface area contributed by atoms with E-state index < -0.39 is 0 Å². The number of fused-ring (bicyclic) bond motifs is 1. The number of rotatable bonds is 5. The summed E-state index contributed by atoms with van der Waals surface area (Å²) < 4.78 is 0. The van der Waals surface area contributed by atoms with E-state index in [1.165, 1.54) is 0 Å². The minimum atomic E-state index is -0.281. The molecule has 2 aromatic carbocycles. The van der Waals surface area contributed by atoms with Gasteiger partial charge in [-0.25, -0.2) is 0 Å². The van der Waals surface area contributed by atoms with Gasteiger partial charge in [-0.15, -0.1) is 6.58 Å². The van der Waals surface area contributed by atoms with Crippen LogP contribution in [0.15, 0.2) is 79.5 Å². The van der Waals surface area contributed by atoms with E-state index in [0.29, 0.717) is 6.42 Å². The Balaban J connectivity index is 1.80. The van der Waals surface area contributed by atoms with Gasteiger partial charge in [0.2, 0.25) is 5.91 Å². The fourth-order valence-electron chi connectivity index (χ4n) is 2.58. The van der Waals surface area contributed by atoms with Crippen LogP contribution in [0.3, 0.4) is 0 Å². The number of aromatic nitrogens is 1. The largest absolute Gasteiger partial charge is 0.324 e. The SMILES string of the molecule is C=CC(Cc1ccccc1)C(=O)Nc1cccc2cccnc12. The molecule has 0 aliphatic carbocycles. The molecule has 3 nitrogen and oxygen atoms in total. The van der Waals surface area contributed by atoms with Crippen molar-refractivity contribution in [1.82, 2.24) is 4.98 Å². The Morgan fingerprint density at radius 1 is 1.09 bits per heavy atom. The third-order valence-electron chi connectivity index (χ3n) is 3.81. The highest BCUT2D eigenvalue weighted by atomic mass is 16.1. The number of carbonyl (C=O) groups is 1. The van der Waals surface area contributed by atoms with Gasteiger partial charge in [0.1, 0.15) is 0 Å². The van der Waals surface area contributed by atoms with Crippen LogP contribution in [0.25, 0.3) is 10.9 Å². The lowest BCUT2D eigenvalue weighted by Crippen LogP contribution is -2.23. The monoisotopic (exact) mass is 302 g/mol. The van der Waals surface area contributed by atoms with Crippen molar-refractivity contribution < 1.29 is 4.79 Å². The number of anilines is 1. The third kappa shape index (κ3) is 3.46. The predicted molar refractivity (Wildman–Crippen MR) is 94.2 cm³/mol. The lowest BCUT2D eigenvalue weighted by molar-refractivity contribution is -0.118. The first kappa shape index (κ1) is 15.0. The van der Waals surface area contributed by atoms with Gasteiger partial charge >= 0.3 is 0 Å². The molecule has 0 aliphatic heterocycles. The van der Waals surface area contributed by atoms with Gasteiger partial charge in [0.05, 0.1) is 17.1 Å². The Morgan fingerprint density at radius 3 is 2.65 bits per heavy atom. The molecule has 1 aromatic heterocycles. The zero-order valence-electron chi connectivity index (χ0n) is 12.8. The zero-order valence-corrected chi connectivity index (χ0v) is 12.8. The van der Waals surface area contributed by atoms with Gasteiger partial charge in [-0.05, 0) is 24.1 Å². The van der Waals surface area contributed by atoms with E-state index in [0.717, 1.165) is 22.2 Å². The summed E-state index contributed by atoms with van der Waals surface area (Å²) in [4.78, 5) is 16.9. The van der Waals surface area contributed by atoms with Crippen LogP contribution in [0.2, 0.25) is 0 Å². The first-order chi connectivity index (χ1) is 11.3. The summed E-state index contributed by atoms with van der Waals surface area (Å²) in [5, 5.41) is 3.99. The van der Waals surface area contributed by atoms with E-state index in [-0.39, 0.29) is 11.8 Å². The molecule has 0 radical (unpaired) electrons. The Bertz CT molecular complexity index is 822. The van der Waals surface area contributed by atoms with Crippen molar-refractivity contribution in [2.24, 2.45) is 5.92 Å². The number of pyridine rings is 1. The quantitative estimate of drug-likeness (QED) is 0.717. The lowest BCUT2D eigenvalue weighted by Gasteiger charge is -2.14. The summed E-state index contributed by atoms with van der Waals surface area (Å²) in [5.41, 5.74) is 2.64. The summed E-state index contributed by atoms with van der Waals surface area (Å²) >= 11 is 0. The molecule has 3 rings (SSSR count). The van der Waals surface area contributed by atoms with Gasteiger partial charge in [0.25, 0.3) is 0 Å². The maximum atomic E-state index is 12.6. The maximum absolute atomic E-state index is 12.6. The molecule has 23 heavy (non-hydrogen) atoms. The number of nitrogens with zero attached hydrogens (tertiary/aromatic N) is 1. The van der Waals surface area contributed by atoms with Gasteiger partial charge in [-0.2, -0.15) is 0 Å². The van der Waals surface area contributed by atoms with E-state index >= 15 is 0 Å². The highest BCUT2D eigenvalue weighted by Crippen LogP contribution is 2.22. The number of hydrogen-bond donors (Lipinski definition) is 1. The molecule has 0 saturated carbocycles. The van der Waals surface area contributed by atoms with Crippen molar-refractivity contribution in [3.8, 4) is 0 Å². The van der Waals surface area contributed by atoms with E-state index in [1.54, 1.807) is 12.3 Å². The van der Waals surface area contributed by atoms with Crippen LogP contribution in [0.1, 0.15) is 5.56 Å². The molecule has 0 spiro atoms. The fraction of sp³-hybridized carbons (Fsp3) is 0.100. The number of carbonyl (C=O) groups excluding carboxylic acids is 1. The zero-order chi connectivity index (χ0) is 16.1. The second kappa shape index (κ2) is 6.88. The normalized spacial score (nSPS) is 11.8.